The number of hydrogen-bond donors (Lipinski definition) is 1. The average Bonchev–Trinajstić information content (AvgIpc) is 3.32. The summed E-state index contributed by atoms with van der Waals surface area (Å²) in [5.41, 5.74) is 3.94. The van der Waals surface area contributed by atoms with E-state index in [1.807, 2.05) is 72.5 Å². The number of amides is 2. The van der Waals surface area contributed by atoms with Gasteiger partial charge in [-0.25, -0.2) is 4.98 Å². The number of aromatic nitrogens is 1. The molecule has 3 aromatic rings. The molecule has 0 bridgehead atoms. The van der Waals surface area contributed by atoms with Crippen LogP contribution in [0.4, 0.5) is 0 Å². The minimum absolute atomic E-state index is 0.00637. The highest BCUT2D eigenvalue weighted by Gasteiger charge is 2.26. The Morgan fingerprint density at radius 2 is 1.82 bits per heavy atom. The predicted octanol–water partition coefficient (Wildman–Crippen LogP) is 4.26. The molecule has 1 aliphatic heterocycles. The number of aryl methyl sites for hydroxylation is 1. The lowest BCUT2D eigenvalue weighted by atomic mass is 9.95. The first-order chi connectivity index (χ1) is 16.1. The van der Waals surface area contributed by atoms with Gasteiger partial charge in [0.15, 0.2) is 0 Å². The van der Waals surface area contributed by atoms with Gasteiger partial charge in [0.25, 0.3) is 0 Å². The van der Waals surface area contributed by atoms with Gasteiger partial charge in [-0.3, -0.25) is 9.59 Å². The second-order valence-electron chi connectivity index (χ2n) is 8.39. The summed E-state index contributed by atoms with van der Waals surface area (Å²) >= 11 is 0. The number of piperidine rings is 1. The third kappa shape index (κ3) is 6.19. The molecule has 0 atom stereocenters. The second-order valence-corrected chi connectivity index (χ2v) is 8.39. The van der Waals surface area contributed by atoms with Gasteiger partial charge in [0.1, 0.15) is 6.26 Å². The van der Waals surface area contributed by atoms with E-state index in [4.69, 9.17) is 4.42 Å². The minimum Gasteiger partial charge on any atom is -0.444 e. The third-order valence-corrected chi connectivity index (χ3v) is 5.93. The van der Waals surface area contributed by atoms with E-state index >= 15 is 0 Å². The van der Waals surface area contributed by atoms with E-state index in [1.165, 1.54) is 5.56 Å². The zero-order valence-corrected chi connectivity index (χ0v) is 18.9. The standard InChI is InChI=1S/C27H29N3O3/c1-20-7-10-23(11-8-20)27-29-24(19-33-27)13-16-28-26(32)22-14-17-30(18-15-22)25(31)12-9-21-5-3-2-4-6-21/h2-12,19,22H,13-18H2,1H3,(H,28,32)/b12-9+. The summed E-state index contributed by atoms with van der Waals surface area (Å²) < 4.78 is 5.58. The lowest BCUT2D eigenvalue weighted by Crippen LogP contribution is -2.42. The van der Waals surface area contributed by atoms with Crippen LogP contribution in [0.25, 0.3) is 17.5 Å². The van der Waals surface area contributed by atoms with Gasteiger partial charge in [0.05, 0.1) is 5.69 Å². The molecule has 33 heavy (non-hydrogen) atoms. The minimum atomic E-state index is -0.0624. The summed E-state index contributed by atoms with van der Waals surface area (Å²) in [5, 5.41) is 3.01. The Labute approximate surface area is 194 Å². The van der Waals surface area contributed by atoms with Crippen molar-refractivity contribution >= 4 is 17.9 Å². The molecule has 6 nitrogen and oxygen atoms in total. The van der Waals surface area contributed by atoms with Gasteiger partial charge in [-0.2, -0.15) is 0 Å². The largest absolute Gasteiger partial charge is 0.444 e. The molecule has 0 saturated carbocycles. The first-order valence-electron chi connectivity index (χ1n) is 11.4. The molecule has 6 heteroatoms. The number of carbonyl (C=O) groups is 2. The van der Waals surface area contributed by atoms with Crippen LogP contribution in [0.3, 0.4) is 0 Å². The number of rotatable bonds is 7. The topological polar surface area (TPSA) is 75.4 Å². The summed E-state index contributed by atoms with van der Waals surface area (Å²) in [5.74, 6) is 0.569. The Morgan fingerprint density at radius 1 is 1.09 bits per heavy atom. The summed E-state index contributed by atoms with van der Waals surface area (Å²) in [6.45, 7) is 3.74. The molecule has 0 aliphatic carbocycles. The molecule has 0 spiro atoms. The highest BCUT2D eigenvalue weighted by Crippen LogP contribution is 2.20. The molecule has 1 fully saturated rings. The van der Waals surface area contributed by atoms with Crippen molar-refractivity contribution in [3.05, 3.63) is 83.8 Å². The Bertz CT molecular complexity index is 1100. The molecule has 1 saturated heterocycles. The van der Waals surface area contributed by atoms with E-state index < -0.39 is 0 Å². The molecule has 0 unspecified atom stereocenters. The molecule has 1 N–H and O–H groups in total. The number of nitrogens with zero attached hydrogens (tertiary/aromatic N) is 2. The Kier molecular flexibility index (Phi) is 7.35. The van der Waals surface area contributed by atoms with Gasteiger partial charge in [-0.05, 0) is 43.5 Å². The van der Waals surface area contributed by atoms with E-state index in [9.17, 15) is 9.59 Å². The van der Waals surface area contributed by atoms with Crippen molar-refractivity contribution in [1.82, 2.24) is 15.2 Å². The van der Waals surface area contributed by atoms with Crippen molar-refractivity contribution in [3.8, 4) is 11.5 Å². The molecule has 1 aromatic heterocycles. The van der Waals surface area contributed by atoms with Crippen LogP contribution in [0.2, 0.25) is 0 Å². The van der Waals surface area contributed by atoms with Crippen LogP contribution in [-0.2, 0) is 16.0 Å². The number of likely N-dealkylation sites (tertiary alicyclic amines) is 1. The first kappa shape index (κ1) is 22.5. The zero-order chi connectivity index (χ0) is 23.0. The van der Waals surface area contributed by atoms with Crippen molar-refractivity contribution in [1.29, 1.82) is 0 Å². The maximum Gasteiger partial charge on any atom is 0.246 e. The van der Waals surface area contributed by atoms with E-state index in [0.29, 0.717) is 44.8 Å². The molecule has 2 heterocycles. The van der Waals surface area contributed by atoms with Crippen molar-refractivity contribution in [3.63, 3.8) is 0 Å². The van der Waals surface area contributed by atoms with Crippen LogP contribution < -0.4 is 5.32 Å². The Morgan fingerprint density at radius 3 is 2.55 bits per heavy atom. The normalized spacial score (nSPS) is 14.5. The molecule has 2 amide bonds. The van der Waals surface area contributed by atoms with Gasteiger partial charge >= 0.3 is 0 Å². The van der Waals surface area contributed by atoms with Crippen LogP contribution in [0, 0.1) is 12.8 Å². The number of oxazole rings is 1. The van der Waals surface area contributed by atoms with Crippen molar-refractivity contribution in [2.24, 2.45) is 5.92 Å². The van der Waals surface area contributed by atoms with Gasteiger partial charge in [0.2, 0.25) is 17.7 Å². The molecule has 4 rings (SSSR count). The smallest absolute Gasteiger partial charge is 0.246 e. The molecule has 1 aliphatic rings. The highest BCUT2D eigenvalue weighted by molar-refractivity contribution is 5.92. The molecular weight excluding hydrogens is 414 g/mol. The van der Waals surface area contributed by atoms with Crippen LogP contribution in [-0.4, -0.2) is 41.3 Å². The van der Waals surface area contributed by atoms with Crippen LogP contribution in [0.15, 0.2) is 71.4 Å². The van der Waals surface area contributed by atoms with E-state index in [1.54, 1.807) is 12.3 Å². The van der Waals surface area contributed by atoms with Crippen molar-refractivity contribution in [2.45, 2.75) is 26.2 Å². The number of benzene rings is 2. The van der Waals surface area contributed by atoms with Gasteiger partial charge in [0, 0.05) is 43.6 Å². The zero-order valence-electron chi connectivity index (χ0n) is 18.9. The summed E-state index contributed by atoms with van der Waals surface area (Å²) in [4.78, 5) is 31.3. The monoisotopic (exact) mass is 443 g/mol. The lowest BCUT2D eigenvalue weighted by Gasteiger charge is -2.30. The maximum absolute atomic E-state index is 12.6. The summed E-state index contributed by atoms with van der Waals surface area (Å²) in [7, 11) is 0. The highest BCUT2D eigenvalue weighted by atomic mass is 16.3. The fourth-order valence-corrected chi connectivity index (χ4v) is 3.91. The van der Waals surface area contributed by atoms with Crippen LogP contribution >= 0.6 is 0 Å². The Hall–Kier alpha value is -3.67. The van der Waals surface area contributed by atoms with Crippen LogP contribution in [0.5, 0.6) is 0 Å². The van der Waals surface area contributed by atoms with E-state index in [0.717, 1.165) is 16.8 Å². The van der Waals surface area contributed by atoms with E-state index in [-0.39, 0.29) is 17.7 Å². The fourth-order valence-electron chi connectivity index (χ4n) is 3.91. The summed E-state index contributed by atoms with van der Waals surface area (Å²) in [6, 6.07) is 17.8. The number of hydrogen-bond acceptors (Lipinski definition) is 4. The average molecular weight is 444 g/mol. The van der Waals surface area contributed by atoms with Crippen molar-refractivity contribution in [2.75, 3.05) is 19.6 Å². The number of carbonyl (C=O) groups excluding carboxylic acids is 2. The first-order valence-corrected chi connectivity index (χ1v) is 11.4. The van der Waals surface area contributed by atoms with Crippen LogP contribution in [0.1, 0.15) is 29.7 Å². The van der Waals surface area contributed by atoms with Gasteiger partial charge in [-0.1, -0.05) is 48.0 Å². The molecule has 170 valence electrons. The molecule has 0 radical (unpaired) electrons. The third-order valence-electron chi connectivity index (χ3n) is 5.93. The van der Waals surface area contributed by atoms with Crippen molar-refractivity contribution < 1.29 is 14.0 Å². The fraction of sp³-hybridized carbons (Fsp3) is 0.296. The molecule has 2 aromatic carbocycles. The number of nitrogens with one attached hydrogen (secondary N) is 1. The lowest BCUT2D eigenvalue weighted by molar-refractivity contribution is -0.132. The second kappa shape index (κ2) is 10.8. The van der Waals surface area contributed by atoms with Gasteiger partial charge in [-0.15, -0.1) is 0 Å². The van der Waals surface area contributed by atoms with Gasteiger partial charge < -0.3 is 14.6 Å². The maximum atomic E-state index is 12.6. The summed E-state index contributed by atoms with van der Waals surface area (Å²) in [6.07, 6.45) is 7.06. The molecular formula is C27H29N3O3. The quantitative estimate of drug-likeness (QED) is 0.554. The van der Waals surface area contributed by atoms with E-state index in [2.05, 4.69) is 10.3 Å². The predicted molar refractivity (Wildman–Crippen MR) is 128 cm³/mol. The Balaban J connectivity index is 1.19. The SMILES string of the molecule is Cc1ccc(-c2nc(CCNC(=O)C3CCN(C(=O)/C=C/c4ccccc4)CC3)co2)cc1.